The summed E-state index contributed by atoms with van der Waals surface area (Å²) < 4.78 is 0. The van der Waals surface area contributed by atoms with Crippen LogP contribution in [0.3, 0.4) is 0 Å². The first-order valence-electron chi connectivity index (χ1n) is 8.18. The lowest BCUT2D eigenvalue weighted by Crippen LogP contribution is -1.84. The van der Waals surface area contributed by atoms with Gasteiger partial charge in [0.25, 0.3) is 0 Å². The van der Waals surface area contributed by atoms with E-state index in [1.54, 1.807) is 0 Å². The lowest BCUT2D eigenvalue weighted by Gasteiger charge is -2.12. The summed E-state index contributed by atoms with van der Waals surface area (Å²) in [6, 6.07) is 26.9. The Hall–Kier alpha value is -2.86. The third-order valence-corrected chi connectivity index (χ3v) is 5.42. The maximum atomic E-state index is 2.31. The molecule has 0 aliphatic heterocycles. The van der Waals surface area contributed by atoms with Crippen LogP contribution in [-0.4, -0.2) is 0 Å². The molecule has 1 aliphatic carbocycles. The number of benzene rings is 5. The zero-order valence-electron chi connectivity index (χ0n) is 12.6. The summed E-state index contributed by atoms with van der Waals surface area (Å²) in [5, 5.41) is 11.2. The minimum Gasteiger partial charge on any atom is -0.0616 e. The number of hydrogen-bond acceptors (Lipinski definition) is 0. The Bertz CT molecular complexity index is 1280. The molecule has 5 aromatic rings. The molecule has 0 N–H and O–H groups in total. The van der Waals surface area contributed by atoms with Gasteiger partial charge in [-0.05, 0) is 60.6 Å². The van der Waals surface area contributed by atoms with Crippen molar-refractivity contribution in [3.63, 3.8) is 0 Å². The second kappa shape index (κ2) is 3.91. The van der Waals surface area contributed by atoms with Crippen molar-refractivity contribution >= 4 is 43.1 Å². The van der Waals surface area contributed by atoms with Crippen molar-refractivity contribution in [2.45, 2.75) is 6.42 Å². The third kappa shape index (κ3) is 1.33. The van der Waals surface area contributed by atoms with Gasteiger partial charge in [0.2, 0.25) is 0 Å². The molecule has 0 radical (unpaired) electrons. The van der Waals surface area contributed by atoms with Crippen LogP contribution in [0.25, 0.3) is 43.1 Å². The predicted molar refractivity (Wildman–Crippen MR) is 99.3 cm³/mol. The monoisotopic (exact) mass is 290 g/mol. The molecule has 0 spiro atoms. The van der Waals surface area contributed by atoms with Crippen LogP contribution in [0.4, 0.5) is 0 Å². The quantitative estimate of drug-likeness (QED) is 0.292. The van der Waals surface area contributed by atoms with Crippen LogP contribution in [0.1, 0.15) is 11.1 Å². The average molecular weight is 290 g/mol. The minimum absolute atomic E-state index is 1.07. The van der Waals surface area contributed by atoms with Gasteiger partial charge >= 0.3 is 0 Å². The molecule has 0 saturated heterocycles. The highest BCUT2D eigenvalue weighted by molar-refractivity contribution is 6.33. The molecule has 0 unspecified atom stereocenters. The van der Waals surface area contributed by atoms with Crippen molar-refractivity contribution in [3.8, 4) is 0 Å². The molecular formula is C23H14. The summed E-state index contributed by atoms with van der Waals surface area (Å²) in [6.07, 6.45) is 1.07. The summed E-state index contributed by atoms with van der Waals surface area (Å²) in [4.78, 5) is 0. The molecule has 0 aromatic heterocycles. The highest BCUT2D eigenvalue weighted by atomic mass is 14.2. The van der Waals surface area contributed by atoms with Gasteiger partial charge in [0.1, 0.15) is 0 Å². The Balaban J connectivity index is 2.08. The molecule has 5 aromatic carbocycles. The molecule has 106 valence electrons. The van der Waals surface area contributed by atoms with E-state index in [0.717, 1.165) is 6.42 Å². The Morgan fingerprint density at radius 2 is 1.09 bits per heavy atom. The van der Waals surface area contributed by atoms with Crippen molar-refractivity contribution in [3.05, 3.63) is 83.9 Å². The minimum atomic E-state index is 1.07. The SMILES string of the molecule is c1ccc2c(c1)ccc1c3cccc4c3c3c(cccc3c21)C4. The predicted octanol–water partition coefficient (Wildman–Crippen LogP) is 6.20. The smallest absolute Gasteiger partial charge is 0.00130 e. The molecule has 0 fully saturated rings. The largest absolute Gasteiger partial charge is 0.0616 e. The number of fused-ring (bicyclic) bond motifs is 5. The van der Waals surface area contributed by atoms with Crippen LogP contribution in [0, 0.1) is 0 Å². The summed E-state index contributed by atoms with van der Waals surface area (Å²) in [5.41, 5.74) is 2.95. The van der Waals surface area contributed by atoms with E-state index in [1.165, 1.54) is 54.2 Å². The highest BCUT2D eigenvalue weighted by Gasteiger charge is 2.20. The molecule has 23 heavy (non-hydrogen) atoms. The van der Waals surface area contributed by atoms with Gasteiger partial charge in [-0.15, -0.1) is 0 Å². The number of rotatable bonds is 0. The molecule has 0 heterocycles. The van der Waals surface area contributed by atoms with Crippen LogP contribution in [0.5, 0.6) is 0 Å². The fourth-order valence-electron chi connectivity index (χ4n) is 4.51. The fraction of sp³-hybridized carbons (Fsp3) is 0.0435. The van der Waals surface area contributed by atoms with Crippen molar-refractivity contribution in [2.75, 3.05) is 0 Å². The van der Waals surface area contributed by atoms with Crippen molar-refractivity contribution in [2.24, 2.45) is 0 Å². The van der Waals surface area contributed by atoms with Crippen LogP contribution in [0.2, 0.25) is 0 Å². The van der Waals surface area contributed by atoms with Gasteiger partial charge < -0.3 is 0 Å². The normalized spacial score (nSPS) is 13.0. The summed E-state index contributed by atoms with van der Waals surface area (Å²) in [7, 11) is 0. The molecule has 0 nitrogen and oxygen atoms in total. The molecule has 0 saturated carbocycles. The van der Waals surface area contributed by atoms with E-state index in [0.29, 0.717) is 0 Å². The maximum absolute atomic E-state index is 2.31. The van der Waals surface area contributed by atoms with Crippen LogP contribution < -0.4 is 0 Å². The van der Waals surface area contributed by atoms with E-state index in [1.807, 2.05) is 0 Å². The van der Waals surface area contributed by atoms with Gasteiger partial charge in [0.15, 0.2) is 0 Å². The first-order chi connectivity index (χ1) is 11.4. The van der Waals surface area contributed by atoms with Gasteiger partial charge in [0, 0.05) is 0 Å². The Morgan fingerprint density at radius 3 is 1.96 bits per heavy atom. The topological polar surface area (TPSA) is 0 Å². The molecular weight excluding hydrogens is 276 g/mol. The molecule has 1 aliphatic rings. The Morgan fingerprint density at radius 1 is 0.435 bits per heavy atom. The highest BCUT2D eigenvalue weighted by Crippen LogP contribution is 2.44. The Kier molecular flexibility index (Phi) is 1.98. The van der Waals surface area contributed by atoms with Crippen molar-refractivity contribution in [1.29, 1.82) is 0 Å². The van der Waals surface area contributed by atoms with Gasteiger partial charge in [-0.3, -0.25) is 0 Å². The Labute approximate surface area is 134 Å². The zero-order valence-corrected chi connectivity index (χ0v) is 12.6. The van der Waals surface area contributed by atoms with E-state index >= 15 is 0 Å². The first kappa shape index (κ1) is 11.7. The second-order valence-electron chi connectivity index (χ2n) is 6.57. The molecule has 6 rings (SSSR count). The second-order valence-corrected chi connectivity index (χ2v) is 6.57. The van der Waals surface area contributed by atoms with Gasteiger partial charge in [-0.2, -0.15) is 0 Å². The molecule has 0 heteroatoms. The van der Waals surface area contributed by atoms with E-state index in [4.69, 9.17) is 0 Å². The van der Waals surface area contributed by atoms with Crippen molar-refractivity contribution < 1.29 is 0 Å². The summed E-state index contributed by atoms with van der Waals surface area (Å²) in [6.45, 7) is 0. The summed E-state index contributed by atoms with van der Waals surface area (Å²) >= 11 is 0. The van der Waals surface area contributed by atoms with E-state index in [-0.39, 0.29) is 0 Å². The van der Waals surface area contributed by atoms with Crippen LogP contribution in [-0.2, 0) is 6.42 Å². The van der Waals surface area contributed by atoms with Gasteiger partial charge in [0.05, 0.1) is 0 Å². The molecule has 0 bridgehead atoms. The van der Waals surface area contributed by atoms with Crippen LogP contribution in [0.15, 0.2) is 72.8 Å². The summed E-state index contributed by atoms with van der Waals surface area (Å²) in [5.74, 6) is 0. The van der Waals surface area contributed by atoms with Crippen LogP contribution >= 0.6 is 0 Å². The fourth-order valence-corrected chi connectivity index (χ4v) is 4.51. The third-order valence-electron chi connectivity index (χ3n) is 5.42. The van der Waals surface area contributed by atoms with E-state index < -0.39 is 0 Å². The lowest BCUT2D eigenvalue weighted by molar-refractivity contribution is 1.27. The average Bonchev–Trinajstić information content (AvgIpc) is 3.00. The molecule has 0 atom stereocenters. The van der Waals surface area contributed by atoms with E-state index in [2.05, 4.69) is 72.8 Å². The lowest BCUT2D eigenvalue weighted by atomic mass is 9.91. The maximum Gasteiger partial charge on any atom is -0.00130 e. The standard InChI is InChI=1S/C23H14/c1-2-8-17-14(5-1)11-12-19-18-9-3-6-15-13-16-7-4-10-20(23(17)19)22(16)21(15)18/h1-12H,13H2. The van der Waals surface area contributed by atoms with Crippen molar-refractivity contribution in [1.82, 2.24) is 0 Å². The first-order valence-corrected chi connectivity index (χ1v) is 8.18. The number of hydrogen-bond donors (Lipinski definition) is 0. The van der Waals surface area contributed by atoms with Gasteiger partial charge in [-0.25, -0.2) is 0 Å². The van der Waals surface area contributed by atoms with E-state index in [9.17, 15) is 0 Å². The zero-order chi connectivity index (χ0) is 15.0. The van der Waals surface area contributed by atoms with Gasteiger partial charge in [-0.1, -0.05) is 72.8 Å². The molecule has 0 amide bonds.